The van der Waals surface area contributed by atoms with Gasteiger partial charge >= 0.3 is 5.69 Å². The summed E-state index contributed by atoms with van der Waals surface area (Å²) in [5, 5.41) is 13.6. The van der Waals surface area contributed by atoms with Crippen molar-refractivity contribution in [2.75, 3.05) is 19.4 Å². The molecule has 0 saturated heterocycles. The summed E-state index contributed by atoms with van der Waals surface area (Å²) in [5.41, 5.74) is 3.08. The van der Waals surface area contributed by atoms with E-state index in [0.717, 1.165) is 29.1 Å². The van der Waals surface area contributed by atoms with Gasteiger partial charge in [-0.25, -0.2) is 9.78 Å². The Kier molecular flexibility index (Phi) is 4.92. The molecule has 4 aromatic rings. The summed E-state index contributed by atoms with van der Waals surface area (Å²) in [6, 6.07) is 15.2. The molecule has 2 N–H and O–H groups in total. The van der Waals surface area contributed by atoms with Gasteiger partial charge in [0.25, 0.3) is 0 Å². The van der Waals surface area contributed by atoms with Crippen LogP contribution < -0.4 is 11.0 Å². The molecule has 8 nitrogen and oxygen atoms in total. The third kappa shape index (κ3) is 3.92. The van der Waals surface area contributed by atoms with Gasteiger partial charge in [-0.15, -0.1) is 4.73 Å². The minimum atomic E-state index is -0.796. The van der Waals surface area contributed by atoms with E-state index in [1.807, 2.05) is 56.7 Å². The van der Waals surface area contributed by atoms with Gasteiger partial charge in [-0.1, -0.05) is 18.2 Å². The standard InChI is InChI=1S/C21H20N6O2/c1-26(2)13-17-9-8-15(12-23-17)14-5-3-6-16(11-14)24-19-18-7-4-10-22-20(18)27(29)21(28)25-19/h3-12,29H,13H2,1-2H3,(H,24,25,28). The molecule has 0 saturated carbocycles. The van der Waals surface area contributed by atoms with Gasteiger partial charge in [0.2, 0.25) is 0 Å². The highest BCUT2D eigenvalue weighted by Crippen LogP contribution is 2.26. The van der Waals surface area contributed by atoms with E-state index < -0.39 is 5.69 Å². The van der Waals surface area contributed by atoms with Gasteiger partial charge in [-0.3, -0.25) is 4.98 Å². The topological polar surface area (TPSA) is 96.2 Å². The Labute approximate surface area is 167 Å². The predicted molar refractivity (Wildman–Crippen MR) is 111 cm³/mol. The summed E-state index contributed by atoms with van der Waals surface area (Å²) in [6.45, 7) is 0.783. The molecule has 4 rings (SSSR count). The predicted octanol–water partition coefficient (Wildman–Crippen LogP) is 2.90. The van der Waals surface area contributed by atoms with Gasteiger partial charge in [0.1, 0.15) is 5.82 Å². The number of rotatable bonds is 5. The van der Waals surface area contributed by atoms with Crippen molar-refractivity contribution < 1.29 is 5.21 Å². The third-order valence-electron chi connectivity index (χ3n) is 4.39. The molecule has 0 atom stereocenters. The van der Waals surface area contributed by atoms with E-state index in [9.17, 15) is 10.0 Å². The maximum atomic E-state index is 12.0. The van der Waals surface area contributed by atoms with Crippen molar-refractivity contribution in [2.24, 2.45) is 0 Å². The second-order valence-electron chi connectivity index (χ2n) is 6.91. The lowest BCUT2D eigenvalue weighted by Gasteiger charge is -2.11. The molecule has 3 heterocycles. The summed E-state index contributed by atoms with van der Waals surface area (Å²) in [7, 11) is 4.01. The monoisotopic (exact) mass is 388 g/mol. The molecule has 0 fully saturated rings. The van der Waals surface area contributed by atoms with Crippen molar-refractivity contribution in [3.05, 3.63) is 77.1 Å². The van der Waals surface area contributed by atoms with Crippen molar-refractivity contribution in [3.8, 4) is 11.1 Å². The number of benzene rings is 1. The summed E-state index contributed by atoms with van der Waals surface area (Å²) in [4.78, 5) is 26.5. The zero-order valence-corrected chi connectivity index (χ0v) is 16.1. The maximum absolute atomic E-state index is 12.0. The first-order chi connectivity index (χ1) is 14.0. The Hall–Kier alpha value is -3.78. The maximum Gasteiger partial charge on any atom is 0.384 e. The molecular weight excluding hydrogens is 368 g/mol. The first kappa shape index (κ1) is 18.6. The van der Waals surface area contributed by atoms with Gasteiger partial charge < -0.3 is 15.4 Å². The summed E-state index contributed by atoms with van der Waals surface area (Å²) in [5.74, 6) is 0.333. The summed E-state index contributed by atoms with van der Waals surface area (Å²) < 4.78 is 0.442. The zero-order chi connectivity index (χ0) is 20.4. The molecule has 29 heavy (non-hydrogen) atoms. The lowest BCUT2D eigenvalue weighted by atomic mass is 10.1. The fourth-order valence-electron chi connectivity index (χ4n) is 3.07. The first-order valence-electron chi connectivity index (χ1n) is 9.05. The smallest absolute Gasteiger partial charge is 0.384 e. The number of hydrogen-bond donors (Lipinski definition) is 2. The van der Waals surface area contributed by atoms with Gasteiger partial charge in [-0.2, -0.15) is 4.98 Å². The van der Waals surface area contributed by atoms with E-state index in [1.165, 1.54) is 6.20 Å². The summed E-state index contributed by atoms with van der Waals surface area (Å²) >= 11 is 0. The van der Waals surface area contributed by atoms with Crippen LogP contribution in [0, 0.1) is 0 Å². The van der Waals surface area contributed by atoms with E-state index in [4.69, 9.17) is 0 Å². The molecular formula is C21H20N6O2. The molecule has 0 aliphatic heterocycles. The molecule has 0 aliphatic rings. The van der Waals surface area contributed by atoms with Crippen molar-refractivity contribution in [2.45, 2.75) is 6.54 Å². The average molecular weight is 388 g/mol. The molecule has 0 aliphatic carbocycles. The molecule has 146 valence electrons. The Bertz CT molecular complexity index is 1220. The molecule has 0 amide bonds. The Morgan fingerprint density at radius 3 is 2.69 bits per heavy atom. The number of nitrogens with zero attached hydrogens (tertiary/aromatic N) is 5. The average Bonchev–Trinajstić information content (AvgIpc) is 2.72. The van der Waals surface area contributed by atoms with Gasteiger partial charge in [-0.05, 0) is 50.0 Å². The largest absolute Gasteiger partial charge is 0.422 e. The lowest BCUT2D eigenvalue weighted by Crippen LogP contribution is -2.23. The number of anilines is 2. The van der Waals surface area contributed by atoms with Crippen LogP contribution in [0.15, 0.2) is 65.7 Å². The van der Waals surface area contributed by atoms with Crippen LogP contribution in [0.4, 0.5) is 11.5 Å². The van der Waals surface area contributed by atoms with E-state index in [-0.39, 0.29) is 5.65 Å². The minimum absolute atomic E-state index is 0.145. The Morgan fingerprint density at radius 1 is 1.07 bits per heavy atom. The van der Waals surface area contributed by atoms with Crippen LogP contribution in [-0.2, 0) is 6.54 Å². The fraction of sp³-hybridized carbons (Fsp3) is 0.143. The first-order valence-corrected chi connectivity index (χ1v) is 9.05. The van der Waals surface area contributed by atoms with Crippen molar-refractivity contribution in [3.63, 3.8) is 0 Å². The van der Waals surface area contributed by atoms with Gasteiger partial charge in [0, 0.05) is 30.2 Å². The third-order valence-corrected chi connectivity index (χ3v) is 4.39. The number of nitrogens with one attached hydrogen (secondary N) is 1. The normalized spacial score (nSPS) is 11.1. The molecule has 3 aromatic heterocycles. The second kappa shape index (κ2) is 7.69. The molecule has 1 aromatic carbocycles. The number of aromatic nitrogens is 4. The fourth-order valence-corrected chi connectivity index (χ4v) is 3.07. The van der Waals surface area contributed by atoms with Crippen LogP contribution >= 0.6 is 0 Å². The highest BCUT2D eigenvalue weighted by molar-refractivity contribution is 5.88. The molecule has 0 bridgehead atoms. The number of pyridine rings is 2. The van der Waals surface area contributed by atoms with Crippen molar-refractivity contribution >= 4 is 22.5 Å². The SMILES string of the molecule is CN(C)Cc1ccc(-c2cccc(Nc3nc(=O)n(O)c4ncccc34)c2)cn1. The lowest BCUT2D eigenvalue weighted by molar-refractivity contribution is 0.182. The van der Waals surface area contributed by atoms with Crippen LogP contribution in [0.25, 0.3) is 22.2 Å². The van der Waals surface area contributed by atoms with E-state index in [1.54, 1.807) is 12.1 Å². The highest BCUT2D eigenvalue weighted by Gasteiger charge is 2.11. The van der Waals surface area contributed by atoms with Crippen LogP contribution in [-0.4, -0.2) is 43.9 Å². The molecule has 0 spiro atoms. The summed E-state index contributed by atoms with van der Waals surface area (Å²) in [6.07, 6.45) is 3.36. The quantitative estimate of drug-likeness (QED) is 0.508. The van der Waals surface area contributed by atoms with Crippen LogP contribution in [0.1, 0.15) is 5.69 Å². The number of hydrogen-bond acceptors (Lipinski definition) is 7. The number of fused-ring (bicyclic) bond motifs is 1. The zero-order valence-electron chi connectivity index (χ0n) is 16.1. The second-order valence-corrected chi connectivity index (χ2v) is 6.91. The van der Waals surface area contributed by atoms with E-state index >= 15 is 0 Å². The van der Waals surface area contributed by atoms with Crippen LogP contribution in [0.3, 0.4) is 0 Å². The van der Waals surface area contributed by atoms with Crippen LogP contribution in [0.5, 0.6) is 0 Å². The minimum Gasteiger partial charge on any atom is -0.422 e. The molecule has 0 unspecified atom stereocenters. The molecule has 8 heteroatoms. The van der Waals surface area contributed by atoms with Crippen molar-refractivity contribution in [1.29, 1.82) is 0 Å². The van der Waals surface area contributed by atoms with Crippen LogP contribution in [0.2, 0.25) is 0 Å². The van der Waals surface area contributed by atoms with E-state index in [0.29, 0.717) is 15.9 Å². The van der Waals surface area contributed by atoms with Crippen molar-refractivity contribution in [1.82, 2.24) is 24.6 Å². The highest BCUT2D eigenvalue weighted by atomic mass is 16.5. The van der Waals surface area contributed by atoms with E-state index in [2.05, 4.69) is 25.2 Å². The Morgan fingerprint density at radius 2 is 1.93 bits per heavy atom. The Balaban J connectivity index is 1.66. The van der Waals surface area contributed by atoms with Gasteiger partial charge in [0.05, 0.1) is 11.1 Å². The molecule has 0 radical (unpaired) electrons. The van der Waals surface area contributed by atoms with Gasteiger partial charge in [0.15, 0.2) is 5.65 Å².